The molecule has 1 atom stereocenters. The highest BCUT2D eigenvalue weighted by molar-refractivity contribution is 6.17. The van der Waals surface area contributed by atoms with Crippen molar-refractivity contribution < 1.29 is 9.84 Å². The zero-order chi connectivity index (χ0) is 9.52. The smallest absolute Gasteiger partial charge is 0.156 e. The molecule has 0 saturated carbocycles. The molecule has 72 valence electrons. The highest BCUT2D eigenvalue weighted by Crippen LogP contribution is 2.04. The van der Waals surface area contributed by atoms with Gasteiger partial charge in [0.15, 0.2) is 6.29 Å². The van der Waals surface area contributed by atoms with Crippen molar-refractivity contribution in [3.63, 3.8) is 0 Å². The number of benzene rings is 1. The van der Waals surface area contributed by atoms with Crippen molar-refractivity contribution in [1.29, 1.82) is 0 Å². The van der Waals surface area contributed by atoms with Crippen LogP contribution in [0.5, 0.6) is 0 Å². The number of hydrogen-bond acceptors (Lipinski definition) is 2. The molecule has 0 aliphatic rings. The Labute approximate surface area is 83.1 Å². The van der Waals surface area contributed by atoms with E-state index in [1.54, 1.807) is 0 Å². The number of aliphatic hydroxyl groups excluding tert-OH is 1. The molecule has 0 bridgehead atoms. The fraction of sp³-hybridized carbons (Fsp3) is 0.400. The van der Waals surface area contributed by atoms with Crippen LogP contribution in [0.1, 0.15) is 12.0 Å². The van der Waals surface area contributed by atoms with Gasteiger partial charge in [-0.2, -0.15) is 0 Å². The van der Waals surface area contributed by atoms with E-state index in [1.165, 1.54) is 0 Å². The van der Waals surface area contributed by atoms with E-state index in [4.69, 9.17) is 16.3 Å². The predicted octanol–water partition coefficient (Wildman–Crippen LogP) is 2.15. The largest absolute Gasteiger partial charge is 0.368 e. The van der Waals surface area contributed by atoms with Crippen LogP contribution >= 0.6 is 11.6 Å². The van der Waals surface area contributed by atoms with Crippen LogP contribution in [0.25, 0.3) is 0 Å². The second kappa shape index (κ2) is 5.97. The Morgan fingerprint density at radius 3 is 2.62 bits per heavy atom. The summed E-state index contributed by atoms with van der Waals surface area (Å²) >= 11 is 5.44. The third-order valence-electron chi connectivity index (χ3n) is 1.64. The summed E-state index contributed by atoms with van der Waals surface area (Å²) < 4.78 is 5.14. The summed E-state index contributed by atoms with van der Waals surface area (Å²) in [5, 5.41) is 9.20. The third kappa shape index (κ3) is 4.27. The van der Waals surface area contributed by atoms with Crippen LogP contribution in [0.2, 0.25) is 0 Å². The van der Waals surface area contributed by atoms with E-state index < -0.39 is 6.29 Å². The predicted molar refractivity (Wildman–Crippen MR) is 52.6 cm³/mol. The standard InChI is InChI=1S/C10H13ClO2/c11-7-6-10(12)13-8-9-4-2-1-3-5-9/h1-5,10,12H,6-8H2/t10-/m1/s1. The molecule has 0 saturated heterocycles. The molecule has 0 radical (unpaired) electrons. The molecule has 0 spiro atoms. The van der Waals surface area contributed by atoms with Crippen LogP contribution in [0.3, 0.4) is 0 Å². The van der Waals surface area contributed by atoms with Gasteiger partial charge in [-0.05, 0) is 5.56 Å². The van der Waals surface area contributed by atoms with E-state index in [0.29, 0.717) is 18.9 Å². The molecule has 0 unspecified atom stereocenters. The summed E-state index contributed by atoms with van der Waals surface area (Å²) in [5.74, 6) is 0.413. The highest BCUT2D eigenvalue weighted by Gasteiger charge is 2.02. The summed E-state index contributed by atoms with van der Waals surface area (Å²) in [6, 6.07) is 9.72. The minimum Gasteiger partial charge on any atom is -0.368 e. The number of hydrogen-bond donors (Lipinski definition) is 1. The van der Waals surface area contributed by atoms with Crippen molar-refractivity contribution in [2.45, 2.75) is 19.3 Å². The molecule has 1 aromatic carbocycles. The van der Waals surface area contributed by atoms with Gasteiger partial charge in [0, 0.05) is 12.3 Å². The van der Waals surface area contributed by atoms with Crippen LogP contribution in [0.15, 0.2) is 30.3 Å². The van der Waals surface area contributed by atoms with Gasteiger partial charge in [-0.15, -0.1) is 11.6 Å². The van der Waals surface area contributed by atoms with Gasteiger partial charge in [0.2, 0.25) is 0 Å². The molecule has 3 heteroatoms. The lowest BCUT2D eigenvalue weighted by atomic mass is 10.2. The molecular formula is C10H13ClO2. The molecule has 0 amide bonds. The summed E-state index contributed by atoms with van der Waals surface area (Å²) in [6.07, 6.45) is -0.285. The van der Waals surface area contributed by atoms with Crippen LogP contribution < -0.4 is 0 Å². The van der Waals surface area contributed by atoms with E-state index in [-0.39, 0.29) is 0 Å². The normalized spacial score (nSPS) is 12.8. The summed E-state index contributed by atoms with van der Waals surface area (Å²) in [7, 11) is 0. The van der Waals surface area contributed by atoms with Gasteiger partial charge in [-0.25, -0.2) is 0 Å². The van der Waals surface area contributed by atoms with E-state index in [9.17, 15) is 5.11 Å². The van der Waals surface area contributed by atoms with Crippen molar-refractivity contribution >= 4 is 11.6 Å². The summed E-state index contributed by atoms with van der Waals surface area (Å²) in [6.45, 7) is 0.429. The summed E-state index contributed by atoms with van der Waals surface area (Å²) in [5.41, 5.74) is 1.05. The maximum atomic E-state index is 9.20. The second-order valence-corrected chi connectivity index (χ2v) is 3.11. The number of ether oxygens (including phenoxy) is 1. The fourth-order valence-electron chi connectivity index (χ4n) is 0.943. The number of halogens is 1. The molecule has 1 N–H and O–H groups in total. The Balaban J connectivity index is 2.27. The zero-order valence-corrected chi connectivity index (χ0v) is 8.07. The average molecular weight is 201 g/mol. The van der Waals surface area contributed by atoms with Crippen molar-refractivity contribution in [3.05, 3.63) is 35.9 Å². The lowest BCUT2D eigenvalue weighted by Gasteiger charge is -2.09. The maximum absolute atomic E-state index is 9.20. The van der Waals surface area contributed by atoms with Crippen molar-refractivity contribution in [2.24, 2.45) is 0 Å². The van der Waals surface area contributed by atoms with Crippen LogP contribution in [0, 0.1) is 0 Å². The first-order valence-electron chi connectivity index (χ1n) is 4.22. The lowest BCUT2D eigenvalue weighted by molar-refractivity contribution is -0.108. The van der Waals surface area contributed by atoms with Gasteiger partial charge in [-0.1, -0.05) is 30.3 Å². The minimum absolute atomic E-state index is 0.413. The molecule has 0 aliphatic heterocycles. The Hall–Kier alpha value is -0.570. The molecule has 0 heterocycles. The summed E-state index contributed by atoms with van der Waals surface area (Å²) in [4.78, 5) is 0. The van der Waals surface area contributed by atoms with Gasteiger partial charge >= 0.3 is 0 Å². The molecule has 2 nitrogen and oxygen atoms in total. The first-order chi connectivity index (χ1) is 6.33. The van der Waals surface area contributed by atoms with Gasteiger partial charge in [0.1, 0.15) is 0 Å². The Bertz CT molecular complexity index is 226. The second-order valence-electron chi connectivity index (χ2n) is 2.73. The molecule has 0 aromatic heterocycles. The quantitative estimate of drug-likeness (QED) is 0.583. The van der Waals surface area contributed by atoms with E-state index in [2.05, 4.69) is 0 Å². The molecule has 13 heavy (non-hydrogen) atoms. The first-order valence-corrected chi connectivity index (χ1v) is 4.76. The monoisotopic (exact) mass is 200 g/mol. The zero-order valence-electron chi connectivity index (χ0n) is 7.32. The van der Waals surface area contributed by atoms with E-state index in [0.717, 1.165) is 5.56 Å². The minimum atomic E-state index is -0.752. The van der Waals surface area contributed by atoms with Crippen molar-refractivity contribution in [3.8, 4) is 0 Å². The SMILES string of the molecule is O[C@@H](CCCl)OCc1ccccc1. The molecule has 1 aromatic rings. The Kier molecular flexibility index (Phi) is 4.83. The fourth-order valence-corrected chi connectivity index (χ4v) is 1.13. The van der Waals surface area contributed by atoms with Crippen molar-refractivity contribution in [1.82, 2.24) is 0 Å². The lowest BCUT2D eigenvalue weighted by Crippen LogP contribution is -2.12. The van der Waals surface area contributed by atoms with Gasteiger partial charge in [0.25, 0.3) is 0 Å². The van der Waals surface area contributed by atoms with Gasteiger partial charge < -0.3 is 9.84 Å². The number of alkyl halides is 1. The molecular weight excluding hydrogens is 188 g/mol. The van der Waals surface area contributed by atoms with Crippen LogP contribution in [0.4, 0.5) is 0 Å². The first kappa shape index (κ1) is 10.5. The number of rotatable bonds is 5. The average Bonchev–Trinajstić information content (AvgIpc) is 2.17. The van der Waals surface area contributed by atoms with Crippen molar-refractivity contribution in [2.75, 3.05) is 5.88 Å². The molecule has 0 fully saturated rings. The van der Waals surface area contributed by atoms with Gasteiger partial charge in [0.05, 0.1) is 6.61 Å². The third-order valence-corrected chi connectivity index (χ3v) is 1.86. The highest BCUT2D eigenvalue weighted by atomic mass is 35.5. The van der Waals surface area contributed by atoms with Crippen LogP contribution in [-0.4, -0.2) is 17.3 Å². The Morgan fingerprint density at radius 1 is 1.31 bits per heavy atom. The van der Waals surface area contributed by atoms with E-state index >= 15 is 0 Å². The topological polar surface area (TPSA) is 29.5 Å². The number of aliphatic hydroxyl groups is 1. The molecule has 0 aliphatic carbocycles. The van der Waals surface area contributed by atoms with Crippen LogP contribution in [-0.2, 0) is 11.3 Å². The molecule has 1 rings (SSSR count). The van der Waals surface area contributed by atoms with Gasteiger partial charge in [-0.3, -0.25) is 0 Å². The van der Waals surface area contributed by atoms with E-state index in [1.807, 2.05) is 30.3 Å². The maximum Gasteiger partial charge on any atom is 0.156 e. The Morgan fingerprint density at radius 2 is 2.00 bits per heavy atom.